The summed E-state index contributed by atoms with van der Waals surface area (Å²) in [5, 5.41) is 11.5. The summed E-state index contributed by atoms with van der Waals surface area (Å²) in [6, 6.07) is 5.21. The Morgan fingerprint density at radius 3 is 2.55 bits per heavy atom. The lowest BCUT2D eigenvalue weighted by molar-refractivity contribution is -0.139. The van der Waals surface area contributed by atoms with E-state index in [1.807, 2.05) is 0 Å². The average molecular weight is 283 g/mol. The number of carboxylic acid groups (broad SMARTS) is 1. The van der Waals surface area contributed by atoms with Crippen LogP contribution in [0.2, 0.25) is 0 Å². The van der Waals surface area contributed by atoms with Crippen molar-refractivity contribution in [3.05, 3.63) is 35.4 Å². The number of hydrogen-bond acceptors (Lipinski definition) is 2. The number of carboxylic acids is 1. The van der Waals surface area contributed by atoms with Gasteiger partial charge in [-0.15, -0.1) is 0 Å². The van der Waals surface area contributed by atoms with Crippen LogP contribution in [0, 0.1) is 0 Å². The molecule has 4 nitrogen and oxygen atoms in total. The van der Waals surface area contributed by atoms with Crippen LogP contribution in [0.5, 0.6) is 0 Å². The molecule has 108 valence electrons. The van der Waals surface area contributed by atoms with Crippen LogP contribution in [-0.4, -0.2) is 22.5 Å². The topological polar surface area (TPSA) is 66.4 Å². The molecule has 1 saturated carbocycles. The standard InChI is InChI=1S/C14H15F2NO3/c15-12(16)9-3-1-4-10(7-9)13(20)17-14(5-2-6-14)8-11(18)19/h1,3-4,7,12H,2,5-6,8H2,(H,17,20)(H,18,19). The summed E-state index contributed by atoms with van der Waals surface area (Å²) in [6.07, 6.45) is -0.740. The Bertz CT molecular complexity index is 527. The maximum atomic E-state index is 12.6. The number of benzene rings is 1. The van der Waals surface area contributed by atoms with E-state index in [0.717, 1.165) is 12.5 Å². The molecule has 1 amide bonds. The molecule has 0 radical (unpaired) electrons. The number of amides is 1. The van der Waals surface area contributed by atoms with Gasteiger partial charge in [0.2, 0.25) is 0 Å². The minimum atomic E-state index is -2.64. The second-order valence-corrected chi connectivity index (χ2v) is 5.08. The quantitative estimate of drug-likeness (QED) is 0.873. The van der Waals surface area contributed by atoms with E-state index in [-0.39, 0.29) is 17.5 Å². The first kappa shape index (κ1) is 14.4. The molecule has 0 aliphatic heterocycles. The van der Waals surface area contributed by atoms with Gasteiger partial charge in [0.1, 0.15) is 0 Å². The summed E-state index contributed by atoms with van der Waals surface area (Å²) < 4.78 is 25.2. The molecule has 6 heteroatoms. The molecule has 2 N–H and O–H groups in total. The Balaban J connectivity index is 2.11. The summed E-state index contributed by atoms with van der Waals surface area (Å²) in [4.78, 5) is 22.9. The molecule has 0 bridgehead atoms. The van der Waals surface area contributed by atoms with E-state index in [1.54, 1.807) is 0 Å². The first-order valence-corrected chi connectivity index (χ1v) is 6.34. The second kappa shape index (κ2) is 5.56. The monoisotopic (exact) mass is 283 g/mol. The Kier molecular flexibility index (Phi) is 4.01. The van der Waals surface area contributed by atoms with E-state index in [2.05, 4.69) is 5.32 Å². The Hall–Kier alpha value is -1.98. The van der Waals surface area contributed by atoms with Crippen molar-refractivity contribution in [1.29, 1.82) is 0 Å². The van der Waals surface area contributed by atoms with Crippen molar-refractivity contribution in [3.8, 4) is 0 Å². The lowest BCUT2D eigenvalue weighted by Crippen LogP contribution is -2.54. The van der Waals surface area contributed by atoms with Crippen molar-refractivity contribution in [2.24, 2.45) is 0 Å². The second-order valence-electron chi connectivity index (χ2n) is 5.08. The highest BCUT2D eigenvalue weighted by atomic mass is 19.3. The molecule has 1 fully saturated rings. The number of halogens is 2. The third-order valence-corrected chi connectivity index (χ3v) is 3.58. The van der Waals surface area contributed by atoms with E-state index < -0.39 is 23.8 Å². The summed E-state index contributed by atoms with van der Waals surface area (Å²) in [7, 11) is 0. The highest BCUT2D eigenvalue weighted by Crippen LogP contribution is 2.35. The van der Waals surface area contributed by atoms with E-state index in [4.69, 9.17) is 5.11 Å². The fourth-order valence-corrected chi connectivity index (χ4v) is 2.37. The first-order chi connectivity index (χ1) is 9.42. The van der Waals surface area contributed by atoms with Crippen LogP contribution in [0.3, 0.4) is 0 Å². The van der Waals surface area contributed by atoms with Crippen LogP contribution in [0.15, 0.2) is 24.3 Å². The molecule has 20 heavy (non-hydrogen) atoms. The largest absolute Gasteiger partial charge is 0.481 e. The number of carbonyl (C=O) groups excluding carboxylic acids is 1. The minimum absolute atomic E-state index is 0.125. The molecule has 0 saturated heterocycles. The van der Waals surface area contributed by atoms with Crippen molar-refractivity contribution in [3.63, 3.8) is 0 Å². The van der Waals surface area contributed by atoms with E-state index in [0.29, 0.717) is 12.8 Å². The molecule has 1 aromatic carbocycles. The summed E-state index contributed by atoms with van der Waals surface area (Å²) in [5.74, 6) is -1.49. The van der Waals surface area contributed by atoms with Crippen molar-refractivity contribution in [2.75, 3.05) is 0 Å². The Morgan fingerprint density at radius 2 is 2.05 bits per heavy atom. The molecule has 0 spiro atoms. The van der Waals surface area contributed by atoms with Gasteiger partial charge >= 0.3 is 5.97 Å². The van der Waals surface area contributed by atoms with E-state index >= 15 is 0 Å². The number of rotatable bonds is 5. The van der Waals surface area contributed by atoms with Gasteiger partial charge in [0.25, 0.3) is 12.3 Å². The molecule has 1 aromatic rings. The Morgan fingerprint density at radius 1 is 1.35 bits per heavy atom. The molecule has 0 heterocycles. The van der Waals surface area contributed by atoms with Gasteiger partial charge in [0.05, 0.1) is 12.0 Å². The third kappa shape index (κ3) is 3.12. The van der Waals surface area contributed by atoms with Crippen LogP contribution < -0.4 is 5.32 Å². The molecule has 0 atom stereocenters. The number of hydrogen-bond donors (Lipinski definition) is 2. The molecule has 2 rings (SSSR count). The van der Waals surface area contributed by atoms with Crippen LogP contribution in [0.1, 0.15) is 48.0 Å². The summed E-state index contributed by atoms with van der Waals surface area (Å²) in [5.41, 5.74) is -0.831. The molecular weight excluding hydrogens is 268 g/mol. The lowest BCUT2D eigenvalue weighted by Gasteiger charge is -2.41. The highest BCUT2D eigenvalue weighted by molar-refractivity contribution is 5.95. The van der Waals surface area contributed by atoms with Crippen LogP contribution in [0.4, 0.5) is 8.78 Å². The molecule has 1 aliphatic rings. The summed E-state index contributed by atoms with van der Waals surface area (Å²) >= 11 is 0. The van der Waals surface area contributed by atoms with Gasteiger partial charge in [-0.2, -0.15) is 0 Å². The molecular formula is C14H15F2NO3. The van der Waals surface area contributed by atoms with Gasteiger partial charge in [0, 0.05) is 11.1 Å². The van der Waals surface area contributed by atoms with Gasteiger partial charge in [-0.1, -0.05) is 12.1 Å². The number of nitrogens with one attached hydrogen (secondary N) is 1. The van der Waals surface area contributed by atoms with E-state index in [9.17, 15) is 18.4 Å². The highest BCUT2D eigenvalue weighted by Gasteiger charge is 2.40. The van der Waals surface area contributed by atoms with Crippen molar-refractivity contribution >= 4 is 11.9 Å². The van der Waals surface area contributed by atoms with Crippen LogP contribution >= 0.6 is 0 Å². The van der Waals surface area contributed by atoms with Crippen molar-refractivity contribution < 1.29 is 23.5 Å². The van der Waals surface area contributed by atoms with Crippen LogP contribution in [-0.2, 0) is 4.79 Å². The maximum Gasteiger partial charge on any atom is 0.305 e. The van der Waals surface area contributed by atoms with Crippen molar-refractivity contribution in [1.82, 2.24) is 5.32 Å². The normalized spacial score (nSPS) is 16.6. The zero-order valence-electron chi connectivity index (χ0n) is 10.7. The van der Waals surface area contributed by atoms with Crippen LogP contribution in [0.25, 0.3) is 0 Å². The fourth-order valence-electron chi connectivity index (χ4n) is 2.37. The first-order valence-electron chi connectivity index (χ1n) is 6.34. The summed E-state index contributed by atoms with van der Waals surface area (Å²) in [6.45, 7) is 0. The zero-order valence-corrected chi connectivity index (χ0v) is 10.7. The smallest absolute Gasteiger partial charge is 0.305 e. The molecule has 0 aromatic heterocycles. The van der Waals surface area contributed by atoms with E-state index in [1.165, 1.54) is 18.2 Å². The predicted molar refractivity (Wildman–Crippen MR) is 67.7 cm³/mol. The zero-order chi connectivity index (χ0) is 14.8. The number of aliphatic carboxylic acids is 1. The SMILES string of the molecule is O=C(O)CC1(NC(=O)c2cccc(C(F)F)c2)CCC1. The lowest BCUT2D eigenvalue weighted by atomic mass is 9.74. The maximum absolute atomic E-state index is 12.6. The third-order valence-electron chi connectivity index (χ3n) is 3.58. The fraction of sp³-hybridized carbons (Fsp3) is 0.429. The molecule has 0 unspecified atom stereocenters. The predicted octanol–water partition coefficient (Wildman–Crippen LogP) is 2.75. The van der Waals surface area contributed by atoms with Gasteiger partial charge in [0.15, 0.2) is 0 Å². The molecule has 1 aliphatic carbocycles. The van der Waals surface area contributed by atoms with Gasteiger partial charge < -0.3 is 10.4 Å². The van der Waals surface area contributed by atoms with Gasteiger partial charge in [-0.3, -0.25) is 9.59 Å². The Labute approximate surface area is 114 Å². The minimum Gasteiger partial charge on any atom is -0.481 e. The van der Waals surface area contributed by atoms with Crippen molar-refractivity contribution in [2.45, 2.75) is 37.6 Å². The van der Waals surface area contributed by atoms with Gasteiger partial charge in [-0.05, 0) is 31.4 Å². The average Bonchev–Trinajstić information content (AvgIpc) is 2.35. The number of carbonyl (C=O) groups is 2. The number of alkyl halides is 2. The van der Waals surface area contributed by atoms with Gasteiger partial charge in [-0.25, -0.2) is 8.78 Å².